The molecule has 0 aromatic rings. The summed E-state index contributed by atoms with van der Waals surface area (Å²) in [5.41, 5.74) is 1.02. The van der Waals surface area contributed by atoms with Crippen LogP contribution in [0.3, 0.4) is 0 Å². The third kappa shape index (κ3) is 12.2. The van der Waals surface area contributed by atoms with Gasteiger partial charge in [-0.2, -0.15) is 5.10 Å². The summed E-state index contributed by atoms with van der Waals surface area (Å²) in [4.78, 5) is 0. The topological polar surface area (TPSA) is 15.6 Å². The molecule has 4 rings (SSSR count). The van der Waals surface area contributed by atoms with Crippen molar-refractivity contribution in [2.45, 2.75) is 13.8 Å². The number of hydrogen-bond acceptors (Lipinski definition) is 2. The average Bonchev–Trinajstić information content (AvgIpc) is 3.42. The van der Waals surface area contributed by atoms with Gasteiger partial charge in [0.25, 0.3) is 0 Å². The summed E-state index contributed by atoms with van der Waals surface area (Å²) in [7, 11) is 3.87. The van der Waals surface area contributed by atoms with Crippen molar-refractivity contribution in [2.75, 3.05) is 14.1 Å². The van der Waals surface area contributed by atoms with Crippen LogP contribution in [0.1, 0.15) is 13.8 Å². The zero-order valence-electron chi connectivity index (χ0n) is 17.3. The Balaban J connectivity index is 0.000000466. The predicted octanol–water partition coefficient (Wildman–Crippen LogP) is 4.53. The Morgan fingerprint density at radius 1 is 0.552 bits per heavy atom. The van der Waals surface area contributed by atoms with Crippen LogP contribution in [0, 0.1) is 126 Å². The Hall–Kier alpha value is 0.509. The minimum Gasteiger partial charge on any atom is -0.303 e. The molecule has 2 nitrogen and oxygen atoms in total. The standard InChI is InChI=1S/C13H14N2.2C6H7.2Fe/c1-15(2)14-13(11-7-3-4-8-11)12-9-5-6-10-12;2*1-6-4-2-3-5-6;;/h3-10H,1-2H3;2*2-5H,1H3;;. The molecule has 0 saturated heterocycles. The molecule has 0 atom stereocenters. The maximum Gasteiger partial charge on any atom is 0.0534 e. The zero-order chi connectivity index (χ0) is 19.5. The van der Waals surface area contributed by atoms with Crippen molar-refractivity contribution in [2.24, 2.45) is 5.10 Å². The fourth-order valence-electron chi connectivity index (χ4n) is 2.49. The van der Waals surface area contributed by atoms with Crippen molar-refractivity contribution in [3.8, 4) is 0 Å². The fraction of sp³-hybridized carbons (Fsp3) is 0.160. The first-order valence-corrected chi connectivity index (χ1v) is 9.13. The largest absolute Gasteiger partial charge is 0.303 e. The Kier molecular flexibility index (Phi) is 17.4. The van der Waals surface area contributed by atoms with Gasteiger partial charge in [-0.3, -0.25) is 0 Å². The second-order valence-electron chi connectivity index (χ2n) is 6.57. The molecular weight excluding hydrogens is 440 g/mol. The van der Waals surface area contributed by atoms with Crippen molar-refractivity contribution in [3.05, 3.63) is 126 Å². The van der Waals surface area contributed by atoms with E-state index in [-0.39, 0.29) is 34.1 Å². The molecular formula is C25H28Fe2N2. The molecule has 0 unspecified atom stereocenters. The molecule has 0 spiro atoms. The molecule has 0 N–H and O–H groups in total. The molecule has 29 heavy (non-hydrogen) atoms. The summed E-state index contributed by atoms with van der Waals surface area (Å²) in [6.07, 6.45) is 32.9. The first kappa shape index (κ1) is 29.5. The van der Waals surface area contributed by atoms with Gasteiger partial charge in [-0.05, 0) is 115 Å². The Morgan fingerprint density at radius 3 is 1.03 bits per heavy atom. The first-order valence-electron chi connectivity index (χ1n) is 9.13. The molecule has 0 heterocycles. The normalized spacial score (nSPS) is 22.6. The van der Waals surface area contributed by atoms with Crippen LogP contribution in [0.2, 0.25) is 0 Å². The maximum absolute atomic E-state index is 4.51. The number of nitrogens with zero attached hydrogens (tertiary/aromatic N) is 2. The van der Waals surface area contributed by atoms with Crippen molar-refractivity contribution in [3.63, 3.8) is 0 Å². The molecule has 0 amide bonds. The Morgan fingerprint density at radius 2 is 0.828 bits per heavy atom. The molecule has 4 saturated carbocycles. The summed E-state index contributed by atoms with van der Waals surface area (Å²) < 4.78 is 0. The van der Waals surface area contributed by atoms with Gasteiger partial charge in [0.1, 0.15) is 0 Å². The molecule has 20 radical (unpaired) electrons. The molecule has 4 aliphatic carbocycles. The van der Waals surface area contributed by atoms with E-state index in [0.29, 0.717) is 0 Å². The smallest absolute Gasteiger partial charge is 0.0534 e. The molecule has 0 aliphatic heterocycles. The van der Waals surface area contributed by atoms with E-state index in [4.69, 9.17) is 0 Å². The van der Waals surface area contributed by atoms with Crippen LogP contribution in [0.5, 0.6) is 0 Å². The van der Waals surface area contributed by atoms with Crippen LogP contribution >= 0.6 is 0 Å². The summed E-state index contributed by atoms with van der Waals surface area (Å²) in [5.74, 6) is 5.01. The van der Waals surface area contributed by atoms with Crippen LogP contribution in [0.15, 0.2) is 5.10 Å². The molecule has 4 fully saturated rings. The van der Waals surface area contributed by atoms with Crippen molar-refractivity contribution in [1.29, 1.82) is 0 Å². The van der Waals surface area contributed by atoms with E-state index < -0.39 is 0 Å². The van der Waals surface area contributed by atoms with Crippen LogP contribution in [0.25, 0.3) is 0 Å². The summed E-state index contributed by atoms with van der Waals surface area (Å²) in [5, 5.41) is 6.34. The van der Waals surface area contributed by atoms with Gasteiger partial charge < -0.3 is 5.01 Å². The van der Waals surface area contributed by atoms with Gasteiger partial charge in [0.15, 0.2) is 0 Å². The van der Waals surface area contributed by atoms with E-state index in [1.807, 2.05) is 70.5 Å². The fourth-order valence-corrected chi connectivity index (χ4v) is 2.49. The van der Waals surface area contributed by atoms with E-state index in [1.54, 1.807) is 0 Å². The van der Waals surface area contributed by atoms with Crippen LogP contribution in [0.4, 0.5) is 0 Å². The SMILES string of the molecule is CN(C)N=C([C]1[CH][CH][CH][CH]1)[C]1[CH][CH][CH][CH]1.C[C]1[CH][CH][CH][CH]1.C[C]1[CH][CH][CH][CH]1.[Fe].[Fe]. The summed E-state index contributed by atoms with van der Waals surface area (Å²) in [6, 6.07) is 0. The minimum absolute atomic E-state index is 0. The minimum atomic E-state index is 0. The molecule has 0 aromatic heterocycles. The first-order chi connectivity index (χ1) is 13.1. The second kappa shape index (κ2) is 17.1. The average molecular weight is 468 g/mol. The van der Waals surface area contributed by atoms with Crippen LogP contribution in [-0.4, -0.2) is 24.8 Å². The Bertz CT molecular complexity index is 369. The van der Waals surface area contributed by atoms with Gasteiger partial charge in [-0.15, -0.1) is 0 Å². The third-order valence-electron chi connectivity index (χ3n) is 3.83. The van der Waals surface area contributed by atoms with Gasteiger partial charge in [-0.25, -0.2) is 0 Å². The molecule has 154 valence electrons. The van der Waals surface area contributed by atoms with Gasteiger partial charge in [0.2, 0.25) is 0 Å². The van der Waals surface area contributed by atoms with Gasteiger partial charge in [0, 0.05) is 60.1 Å². The van der Waals surface area contributed by atoms with Gasteiger partial charge in [0.05, 0.1) is 5.71 Å². The van der Waals surface area contributed by atoms with E-state index in [9.17, 15) is 0 Å². The Labute approximate surface area is 203 Å². The maximum atomic E-state index is 4.51. The van der Waals surface area contributed by atoms with Crippen molar-refractivity contribution in [1.82, 2.24) is 5.01 Å². The molecule has 4 heteroatoms. The predicted molar refractivity (Wildman–Crippen MR) is 114 cm³/mol. The van der Waals surface area contributed by atoms with Gasteiger partial charge >= 0.3 is 0 Å². The third-order valence-corrected chi connectivity index (χ3v) is 3.83. The van der Waals surface area contributed by atoms with E-state index in [1.165, 1.54) is 11.8 Å². The molecule has 4 aliphatic rings. The number of rotatable bonds is 3. The summed E-state index contributed by atoms with van der Waals surface area (Å²) in [6.45, 7) is 4.17. The van der Waals surface area contributed by atoms with Crippen molar-refractivity contribution < 1.29 is 34.1 Å². The number of hydrogen-bond donors (Lipinski definition) is 0. The zero-order valence-corrected chi connectivity index (χ0v) is 19.5. The van der Waals surface area contributed by atoms with E-state index in [0.717, 1.165) is 17.5 Å². The number of hydrazone groups is 1. The van der Waals surface area contributed by atoms with Crippen LogP contribution < -0.4 is 0 Å². The quantitative estimate of drug-likeness (QED) is 0.338. The second-order valence-corrected chi connectivity index (χ2v) is 6.57. The molecule has 0 aromatic carbocycles. The van der Waals surface area contributed by atoms with Crippen LogP contribution in [-0.2, 0) is 34.1 Å². The van der Waals surface area contributed by atoms with Crippen molar-refractivity contribution >= 4 is 5.71 Å². The summed E-state index contributed by atoms with van der Waals surface area (Å²) >= 11 is 0. The monoisotopic (exact) mass is 468 g/mol. The van der Waals surface area contributed by atoms with Gasteiger partial charge in [-0.1, -0.05) is 13.8 Å². The van der Waals surface area contributed by atoms with E-state index >= 15 is 0 Å². The molecule has 0 bridgehead atoms. The van der Waals surface area contributed by atoms with E-state index in [2.05, 4.69) is 70.3 Å².